The molecule has 0 atom stereocenters. The minimum absolute atomic E-state index is 0.131. The van der Waals surface area contributed by atoms with Gasteiger partial charge in [-0.1, -0.05) is 12.2 Å². The van der Waals surface area contributed by atoms with Gasteiger partial charge in [-0.25, -0.2) is 0 Å². The van der Waals surface area contributed by atoms with Crippen LogP contribution >= 0.6 is 0 Å². The molecule has 1 heteroatoms. The molecule has 0 saturated heterocycles. The zero-order chi connectivity index (χ0) is 9.78. The summed E-state index contributed by atoms with van der Waals surface area (Å²) in [7, 11) is 0. The van der Waals surface area contributed by atoms with Gasteiger partial charge < -0.3 is 5.32 Å². The molecule has 0 bridgehead atoms. The second kappa shape index (κ2) is 4.34. The Morgan fingerprint density at radius 2 is 1.67 bits per heavy atom. The summed E-state index contributed by atoms with van der Waals surface area (Å²) in [4.78, 5) is 0. The molecule has 0 aromatic carbocycles. The fourth-order valence-electron chi connectivity index (χ4n) is 0.957. The third kappa shape index (κ3) is 7.39. The fraction of sp³-hybridized carbons (Fsp3) is 0.636. The quantitative estimate of drug-likeness (QED) is 0.634. The largest absolute Gasteiger partial charge is 0.384 e. The molecule has 0 heterocycles. The molecule has 0 aromatic heterocycles. The van der Waals surface area contributed by atoms with E-state index in [1.807, 2.05) is 6.92 Å². The van der Waals surface area contributed by atoms with Gasteiger partial charge in [0, 0.05) is 11.2 Å². The van der Waals surface area contributed by atoms with E-state index in [2.05, 4.69) is 39.2 Å². The van der Waals surface area contributed by atoms with E-state index in [0.29, 0.717) is 0 Å². The Labute approximate surface area is 76.6 Å². The lowest BCUT2D eigenvalue weighted by Crippen LogP contribution is -2.34. The molecular formula is C11H21N. The van der Waals surface area contributed by atoms with Crippen molar-refractivity contribution in [1.29, 1.82) is 0 Å². The Morgan fingerprint density at radius 3 is 2.00 bits per heavy atom. The van der Waals surface area contributed by atoms with E-state index >= 15 is 0 Å². The molecule has 0 rings (SSSR count). The SMILES string of the molecule is C=C(C)CCC(=C)NC(C)(C)C. The van der Waals surface area contributed by atoms with E-state index in [1.54, 1.807) is 0 Å². The third-order valence-electron chi connectivity index (χ3n) is 1.41. The summed E-state index contributed by atoms with van der Waals surface area (Å²) in [5, 5.41) is 3.34. The van der Waals surface area contributed by atoms with Gasteiger partial charge in [0.05, 0.1) is 0 Å². The van der Waals surface area contributed by atoms with Crippen molar-refractivity contribution in [2.24, 2.45) is 0 Å². The van der Waals surface area contributed by atoms with E-state index < -0.39 is 0 Å². The predicted molar refractivity (Wildman–Crippen MR) is 56.1 cm³/mol. The highest BCUT2D eigenvalue weighted by Gasteiger charge is 2.08. The molecule has 0 unspecified atom stereocenters. The monoisotopic (exact) mass is 167 g/mol. The van der Waals surface area contributed by atoms with Crippen molar-refractivity contribution < 1.29 is 0 Å². The van der Waals surface area contributed by atoms with Gasteiger partial charge in [-0.15, -0.1) is 6.58 Å². The fourth-order valence-corrected chi connectivity index (χ4v) is 0.957. The number of allylic oxidation sites excluding steroid dienone is 2. The van der Waals surface area contributed by atoms with E-state index in [-0.39, 0.29) is 5.54 Å². The maximum absolute atomic E-state index is 3.96. The topological polar surface area (TPSA) is 12.0 Å². The first-order chi connectivity index (χ1) is 5.31. The zero-order valence-electron chi connectivity index (χ0n) is 8.83. The molecule has 12 heavy (non-hydrogen) atoms. The Morgan fingerprint density at radius 1 is 1.17 bits per heavy atom. The van der Waals surface area contributed by atoms with Crippen LogP contribution in [0.3, 0.4) is 0 Å². The van der Waals surface area contributed by atoms with Crippen molar-refractivity contribution in [3.8, 4) is 0 Å². The van der Waals surface area contributed by atoms with Crippen LogP contribution < -0.4 is 5.32 Å². The maximum atomic E-state index is 3.96. The minimum atomic E-state index is 0.131. The Kier molecular flexibility index (Phi) is 4.08. The average Bonchev–Trinajstić information content (AvgIpc) is 1.79. The molecular weight excluding hydrogens is 146 g/mol. The minimum Gasteiger partial charge on any atom is -0.384 e. The standard InChI is InChI=1S/C11H21N/c1-9(2)7-8-10(3)12-11(4,5)6/h12H,1,3,7-8H2,2,4-6H3. The number of hydrogen-bond acceptors (Lipinski definition) is 1. The summed E-state index contributed by atoms with van der Waals surface area (Å²) in [5.41, 5.74) is 2.45. The molecule has 0 spiro atoms. The van der Waals surface area contributed by atoms with Crippen molar-refractivity contribution in [2.45, 2.75) is 46.1 Å². The van der Waals surface area contributed by atoms with Crippen LogP contribution in [0.5, 0.6) is 0 Å². The van der Waals surface area contributed by atoms with E-state index in [0.717, 1.165) is 18.5 Å². The summed E-state index contributed by atoms with van der Waals surface area (Å²) in [6.07, 6.45) is 2.02. The lowest BCUT2D eigenvalue weighted by Gasteiger charge is -2.23. The van der Waals surface area contributed by atoms with Gasteiger partial charge in [0.25, 0.3) is 0 Å². The van der Waals surface area contributed by atoms with Crippen molar-refractivity contribution in [3.05, 3.63) is 24.4 Å². The van der Waals surface area contributed by atoms with Crippen LogP contribution in [0, 0.1) is 0 Å². The van der Waals surface area contributed by atoms with Gasteiger partial charge in [0.15, 0.2) is 0 Å². The normalized spacial score (nSPS) is 11.0. The Hall–Kier alpha value is -0.720. The maximum Gasteiger partial charge on any atom is 0.0286 e. The van der Waals surface area contributed by atoms with Gasteiger partial charge in [-0.05, 0) is 40.5 Å². The highest BCUT2D eigenvalue weighted by molar-refractivity contribution is 5.00. The molecule has 1 N–H and O–H groups in total. The van der Waals surface area contributed by atoms with Crippen molar-refractivity contribution in [2.75, 3.05) is 0 Å². The van der Waals surface area contributed by atoms with Crippen LogP contribution in [0.25, 0.3) is 0 Å². The van der Waals surface area contributed by atoms with Crippen LogP contribution in [0.4, 0.5) is 0 Å². The lowest BCUT2D eigenvalue weighted by atomic mass is 10.1. The molecule has 0 saturated carbocycles. The van der Waals surface area contributed by atoms with Crippen LogP contribution in [0.15, 0.2) is 24.4 Å². The first-order valence-corrected chi connectivity index (χ1v) is 4.41. The second-order valence-electron chi connectivity index (χ2n) is 4.44. The average molecular weight is 167 g/mol. The molecule has 0 amide bonds. The highest BCUT2D eigenvalue weighted by Crippen LogP contribution is 2.09. The van der Waals surface area contributed by atoms with Crippen molar-refractivity contribution in [1.82, 2.24) is 5.32 Å². The summed E-state index contributed by atoms with van der Waals surface area (Å²) in [5.74, 6) is 0. The number of nitrogens with one attached hydrogen (secondary N) is 1. The van der Waals surface area contributed by atoms with Crippen molar-refractivity contribution >= 4 is 0 Å². The van der Waals surface area contributed by atoms with Crippen LogP contribution in [-0.4, -0.2) is 5.54 Å². The first-order valence-electron chi connectivity index (χ1n) is 4.41. The van der Waals surface area contributed by atoms with Gasteiger partial charge in [-0.3, -0.25) is 0 Å². The number of hydrogen-bond donors (Lipinski definition) is 1. The Bertz CT molecular complexity index is 172. The van der Waals surface area contributed by atoms with Gasteiger partial charge >= 0.3 is 0 Å². The molecule has 0 radical (unpaired) electrons. The summed E-state index contributed by atoms with van der Waals surface area (Å²) < 4.78 is 0. The van der Waals surface area contributed by atoms with Crippen molar-refractivity contribution in [3.63, 3.8) is 0 Å². The predicted octanol–water partition coefficient (Wildman–Crippen LogP) is 3.24. The molecule has 70 valence electrons. The van der Waals surface area contributed by atoms with Crippen LogP contribution in [0.2, 0.25) is 0 Å². The number of rotatable bonds is 4. The van der Waals surface area contributed by atoms with E-state index in [1.165, 1.54) is 5.57 Å². The smallest absolute Gasteiger partial charge is 0.0286 e. The Balaban J connectivity index is 3.68. The highest BCUT2D eigenvalue weighted by atomic mass is 15.0. The summed E-state index contributed by atoms with van der Waals surface area (Å²) >= 11 is 0. The van der Waals surface area contributed by atoms with Gasteiger partial charge in [0.1, 0.15) is 0 Å². The third-order valence-corrected chi connectivity index (χ3v) is 1.41. The van der Waals surface area contributed by atoms with Crippen LogP contribution in [0.1, 0.15) is 40.5 Å². The molecule has 1 nitrogen and oxygen atoms in total. The lowest BCUT2D eigenvalue weighted by molar-refractivity contribution is 0.464. The molecule has 0 aliphatic carbocycles. The summed E-state index contributed by atoms with van der Waals surface area (Å²) in [6, 6.07) is 0. The molecule has 0 aromatic rings. The molecule has 0 aliphatic heterocycles. The molecule has 0 aliphatic rings. The summed E-state index contributed by atoms with van der Waals surface area (Å²) in [6.45, 7) is 16.3. The van der Waals surface area contributed by atoms with Gasteiger partial charge in [0.2, 0.25) is 0 Å². The van der Waals surface area contributed by atoms with E-state index in [4.69, 9.17) is 0 Å². The first kappa shape index (κ1) is 11.3. The zero-order valence-corrected chi connectivity index (χ0v) is 8.83. The second-order valence-corrected chi connectivity index (χ2v) is 4.44. The van der Waals surface area contributed by atoms with Gasteiger partial charge in [-0.2, -0.15) is 0 Å². The van der Waals surface area contributed by atoms with Crippen LogP contribution in [-0.2, 0) is 0 Å². The molecule has 0 fully saturated rings. The van der Waals surface area contributed by atoms with E-state index in [9.17, 15) is 0 Å².